The zero-order valence-electron chi connectivity index (χ0n) is 12.5. The van der Waals surface area contributed by atoms with Crippen molar-refractivity contribution in [2.75, 3.05) is 23.3 Å². The lowest BCUT2D eigenvalue weighted by molar-refractivity contribution is -0.137. The summed E-state index contributed by atoms with van der Waals surface area (Å²) in [6.45, 7) is 0.663. The summed E-state index contributed by atoms with van der Waals surface area (Å²) in [4.78, 5) is 14.0. The number of alkyl halides is 3. The zero-order valence-corrected chi connectivity index (χ0v) is 13.3. The molecule has 1 amide bonds. The molecule has 3 nitrogen and oxygen atoms in total. The Bertz CT molecular complexity index is 777. The fraction of sp³-hybridized carbons (Fsp3) is 0.235. The summed E-state index contributed by atoms with van der Waals surface area (Å²) in [5.74, 6) is -0.500. The molecule has 1 N–H and O–H groups in total. The Balaban J connectivity index is 1.75. The average Bonchev–Trinajstić information content (AvgIpc) is 2.91. The van der Waals surface area contributed by atoms with E-state index in [1.807, 2.05) is 29.2 Å². The van der Waals surface area contributed by atoms with Gasteiger partial charge in [0, 0.05) is 17.3 Å². The second-order valence-electron chi connectivity index (χ2n) is 5.54. The maximum Gasteiger partial charge on any atom is 0.418 e. The van der Waals surface area contributed by atoms with Crippen LogP contribution in [0.5, 0.6) is 0 Å². The number of amides is 1. The van der Waals surface area contributed by atoms with Crippen LogP contribution in [0.2, 0.25) is 5.02 Å². The van der Waals surface area contributed by atoms with Gasteiger partial charge in [-0.25, -0.2) is 0 Å². The van der Waals surface area contributed by atoms with Crippen molar-refractivity contribution in [1.29, 1.82) is 0 Å². The molecule has 0 saturated carbocycles. The molecule has 126 valence electrons. The number of carbonyl (C=O) groups is 1. The summed E-state index contributed by atoms with van der Waals surface area (Å²) in [6.07, 6.45) is -3.77. The third-order valence-corrected chi connectivity index (χ3v) is 4.11. The monoisotopic (exact) mass is 354 g/mol. The number of nitrogens with one attached hydrogen (secondary N) is 1. The lowest BCUT2D eigenvalue weighted by Crippen LogP contribution is -2.32. The van der Waals surface area contributed by atoms with E-state index in [1.54, 1.807) is 0 Å². The van der Waals surface area contributed by atoms with Crippen LogP contribution in [0.25, 0.3) is 0 Å². The smallest absolute Gasteiger partial charge is 0.362 e. The van der Waals surface area contributed by atoms with Crippen LogP contribution in [0.3, 0.4) is 0 Å². The summed E-state index contributed by atoms with van der Waals surface area (Å²) in [6, 6.07) is 11.0. The molecule has 24 heavy (non-hydrogen) atoms. The summed E-state index contributed by atoms with van der Waals surface area (Å²) >= 11 is 5.63. The zero-order chi connectivity index (χ0) is 17.3. The van der Waals surface area contributed by atoms with Gasteiger partial charge in [-0.15, -0.1) is 0 Å². The SMILES string of the molecule is O=C(CN1CCc2ccccc21)Nc1ccc(Cl)cc1C(F)(F)F. The van der Waals surface area contributed by atoms with Crippen LogP contribution in [0.4, 0.5) is 24.5 Å². The maximum atomic E-state index is 13.1. The molecule has 2 aromatic carbocycles. The average molecular weight is 355 g/mol. The van der Waals surface area contributed by atoms with E-state index in [1.165, 1.54) is 12.1 Å². The third-order valence-electron chi connectivity index (χ3n) is 3.88. The molecule has 3 rings (SSSR count). The molecule has 1 aliphatic heterocycles. The van der Waals surface area contributed by atoms with Crippen molar-refractivity contribution in [2.45, 2.75) is 12.6 Å². The molecule has 1 aliphatic rings. The van der Waals surface area contributed by atoms with Crippen LogP contribution in [-0.4, -0.2) is 19.0 Å². The molecule has 0 aromatic heterocycles. The van der Waals surface area contributed by atoms with Crippen molar-refractivity contribution >= 4 is 28.9 Å². The van der Waals surface area contributed by atoms with E-state index in [-0.39, 0.29) is 17.3 Å². The van der Waals surface area contributed by atoms with Gasteiger partial charge in [0.2, 0.25) is 5.91 Å². The largest absolute Gasteiger partial charge is 0.418 e. The minimum atomic E-state index is -4.59. The molecular weight excluding hydrogens is 341 g/mol. The van der Waals surface area contributed by atoms with Gasteiger partial charge in [0.15, 0.2) is 0 Å². The number of benzene rings is 2. The van der Waals surface area contributed by atoms with Gasteiger partial charge < -0.3 is 10.2 Å². The lowest BCUT2D eigenvalue weighted by atomic mass is 10.1. The highest BCUT2D eigenvalue weighted by molar-refractivity contribution is 6.30. The van der Waals surface area contributed by atoms with Gasteiger partial charge in [-0.05, 0) is 36.2 Å². The Labute approximate surface area is 142 Å². The highest BCUT2D eigenvalue weighted by atomic mass is 35.5. The van der Waals surface area contributed by atoms with Crippen molar-refractivity contribution in [2.24, 2.45) is 0 Å². The van der Waals surface area contributed by atoms with Gasteiger partial charge in [-0.3, -0.25) is 4.79 Å². The predicted molar refractivity (Wildman–Crippen MR) is 87.4 cm³/mol. The van der Waals surface area contributed by atoms with Gasteiger partial charge >= 0.3 is 6.18 Å². The Kier molecular flexibility index (Phi) is 4.41. The van der Waals surface area contributed by atoms with E-state index in [0.29, 0.717) is 6.54 Å². The number of hydrogen-bond donors (Lipinski definition) is 1. The van der Waals surface area contributed by atoms with Crippen molar-refractivity contribution in [1.82, 2.24) is 0 Å². The fourth-order valence-electron chi connectivity index (χ4n) is 2.79. The minimum Gasteiger partial charge on any atom is -0.362 e. The first-order chi connectivity index (χ1) is 11.3. The second kappa shape index (κ2) is 6.36. The molecule has 0 aliphatic carbocycles. The van der Waals surface area contributed by atoms with Gasteiger partial charge in [0.1, 0.15) is 0 Å². The summed E-state index contributed by atoms with van der Waals surface area (Å²) in [5, 5.41) is 2.31. The summed E-state index contributed by atoms with van der Waals surface area (Å²) in [5.41, 5.74) is 0.835. The van der Waals surface area contributed by atoms with E-state index in [0.717, 1.165) is 23.7 Å². The standard InChI is InChI=1S/C17H14ClF3N2O/c18-12-5-6-14(13(9-12)17(19,20)21)22-16(24)10-23-8-7-11-3-1-2-4-15(11)23/h1-6,9H,7-8,10H2,(H,22,24). The summed E-state index contributed by atoms with van der Waals surface area (Å²) in [7, 11) is 0. The molecular formula is C17H14ClF3N2O. The van der Waals surface area contributed by atoms with Gasteiger partial charge in [0.25, 0.3) is 0 Å². The highest BCUT2D eigenvalue weighted by Gasteiger charge is 2.34. The van der Waals surface area contributed by atoms with Gasteiger partial charge in [-0.2, -0.15) is 13.2 Å². The number of para-hydroxylation sites is 1. The first-order valence-corrected chi connectivity index (χ1v) is 7.72. The van der Waals surface area contributed by atoms with Gasteiger partial charge in [0.05, 0.1) is 17.8 Å². The van der Waals surface area contributed by atoms with E-state index in [9.17, 15) is 18.0 Å². The van der Waals surface area contributed by atoms with Gasteiger partial charge in [-0.1, -0.05) is 29.8 Å². The third kappa shape index (κ3) is 3.48. The fourth-order valence-corrected chi connectivity index (χ4v) is 2.97. The molecule has 0 bridgehead atoms. The molecule has 7 heteroatoms. The van der Waals surface area contributed by atoms with Crippen molar-refractivity contribution in [3.63, 3.8) is 0 Å². The highest BCUT2D eigenvalue weighted by Crippen LogP contribution is 2.36. The number of anilines is 2. The molecule has 1 heterocycles. The number of fused-ring (bicyclic) bond motifs is 1. The van der Waals surface area contributed by atoms with E-state index >= 15 is 0 Å². The normalized spacial score (nSPS) is 13.8. The van der Waals surface area contributed by atoms with Crippen LogP contribution in [0.15, 0.2) is 42.5 Å². The Hall–Kier alpha value is -2.21. The number of nitrogens with zero attached hydrogens (tertiary/aromatic N) is 1. The minimum absolute atomic E-state index is 0.00304. The number of halogens is 4. The van der Waals surface area contributed by atoms with Crippen molar-refractivity contribution in [3.05, 3.63) is 58.6 Å². The van der Waals surface area contributed by atoms with Crippen molar-refractivity contribution in [3.8, 4) is 0 Å². The van der Waals surface area contributed by atoms with E-state index in [4.69, 9.17) is 11.6 Å². The van der Waals surface area contributed by atoms with Crippen molar-refractivity contribution < 1.29 is 18.0 Å². The molecule has 0 saturated heterocycles. The Morgan fingerprint density at radius 3 is 2.71 bits per heavy atom. The van der Waals surface area contributed by atoms with Crippen LogP contribution in [-0.2, 0) is 17.4 Å². The van der Waals surface area contributed by atoms with Crippen LogP contribution in [0, 0.1) is 0 Å². The molecule has 0 unspecified atom stereocenters. The predicted octanol–water partition coefficient (Wildman–Crippen LogP) is 4.36. The molecule has 0 fully saturated rings. The maximum absolute atomic E-state index is 13.1. The van der Waals surface area contributed by atoms with Crippen LogP contribution in [0.1, 0.15) is 11.1 Å². The molecule has 2 aromatic rings. The molecule has 0 atom stereocenters. The number of rotatable bonds is 3. The Morgan fingerprint density at radius 2 is 1.96 bits per heavy atom. The first-order valence-electron chi connectivity index (χ1n) is 7.34. The number of hydrogen-bond acceptors (Lipinski definition) is 2. The number of carbonyl (C=O) groups excluding carboxylic acids is 1. The van der Waals surface area contributed by atoms with Crippen LogP contribution >= 0.6 is 11.6 Å². The molecule has 0 radical (unpaired) electrons. The van der Waals surface area contributed by atoms with E-state index in [2.05, 4.69) is 5.32 Å². The Morgan fingerprint density at radius 1 is 1.21 bits per heavy atom. The topological polar surface area (TPSA) is 32.3 Å². The van der Waals surface area contributed by atoms with E-state index < -0.39 is 17.6 Å². The first kappa shape index (κ1) is 16.6. The quantitative estimate of drug-likeness (QED) is 0.888. The summed E-state index contributed by atoms with van der Waals surface area (Å²) < 4.78 is 39.2. The van der Waals surface area contributed by atoms with Crippen LogP contribution < -0.4 is 10.2 Å². The molecule has 0 spiro atoms. The second-order valence-corrected chi connectivity index (χ2v) is 5.97. The lowest BCUT2D eigenvalue weighted by Gasteiger charge is -2.20.